The molecule has 1 aromatic carbocycles. The molecule has 0 amide bonds. The van der Waals surface area contributed by atoms with Crippen LogP contribution in [0.4, 0.5) is 0 Å². The zero-order chi connectivity index (χ0) is 16.7. The maximum Gasteiger partial charge on any atom is 3.00 e. The maximum absolute atomic E-state index is 5.67. The Morgan fingerprint density at radius 1 is 0.840 bits per heavy atom. The molecule has 132 valence electrons. The second-order valence-electron chi connectivity index (χ2n) is 8.89. The van der Waals surface area contributed by atoms with Gasteiger partial charge in [0.2, 0.25) is 0 Å². The first-order valence-electron chi connectivity index (χ1n) is 10.2. The largest absolute Gasteiger partial charge is 3.00 e. The van der Waals surface area contributed by atoms with Gasteiger partial charge in [0.25, 0.3) is 0 Å². The average Bonchev–Trinajstić information content (AvgIpc) is 2.59. The molecule has 1 nitrogen and oxygen atoms in total. The topological polar surface area (TPSA) is 9.23 Å². The van der Waals surface area contributed by atoms with Crippen LogP contribution in [-0.4, -0.2) is 13.2 Å². The molecule has 4 rings (SSSR count). The number of methoxy groups -OCH3 is 1. The molecule has 0 saturated heterocycles. The Kier molecular flexibility index (Phi) is 6.83. The van der Waals surface area contributed by atoms with Gasteiger partial charge >= 0.3 is 32.7 Å². The van der Waals surface area contributed by atoms with Gasteiger partial charge in [-0.15, -0.1) is 0 Å². The summed E-state index contributed by atoms with van der Waals surface area (Å²) in [5, 5.41) is 0. The summed E-state index contributed by atoms with van der Waals surface area (Å²) in [4.78, 5) is 0. The Labute approximate surface area is 179 Å². The van der Waals surface area contributed by atoms with E-state index in [0.29, 0.717) is 6.10 Å². The molecule has 0 aromatic heterocycles. The Morgan fingerprint density at radius 3 is 2.08 bits per heavy atom. The van der Waals surface area contributed by atoms with Crippen molar-refractivity contribution in [1.29, 1.82) is 0 Å². The van der Waals surface area contributed by atoms with Crippen LogP contribution in [0.25, 0.3) is 0 Å². The van der Waals surface area contributed by atoms with Crippen LogP contribution >= 0.6 is 0 Å². The van der Waals surface area contributed by atoms with Crippen LogP contribution in [0.15, 0.2) is 12.1 Å². The van der Waals surface area contributed by atoms with E-state index in [2.05, 4.69) is 32.0 Å². The fourth-order valence-electron chi connectivity index (χ4n) is 6.43. The second kappa shape index (κ2) is 8.53. The van der Waals surface area contributed by atoms with Crippen molar-refractivity contribution in [3.63, 3.8) is 0 Å². The van der Waals surface area contributed by atoms with Gasteiger partial charge in [-0.2, -0.15) is 34.9 Å². The minimum absolute atomic E-state index is 0. The van der Waals surface area contributed by atoms with Crippen molar-refractivity contribution in [3.05, 3.63) is 34.9 Å². The summed E-state index contributed by atoms with van der Waals surface area (Å²) in [5.74, 6) is 4.75. The van der Waals surface area contributed by atoms with Crippen LogP contribution in [0, 0.1) is 43.6 Å². The van der Waals surface area contributed by atoms with E-state index >= 15 is 0 Å². The molecule has 0 bridgehead atoms. The van der Waals surface area contributed by atoms with Gasteiger partial charge in [0.1, 0.15) is 0 Å². The summed E-state index contributed by atoms with van der Waals surface area (Å²) in [6.45, 7) is 4.39. The van der Waals surface area contributed by atoms with Gasteiger partial charge in [-0.25, -0.2) is 0 Å². The molecular weight excluding hydrogens is 381 g/mol. The molecule has 0 aliphatic heterocycles. The van der Waals surface area contributed by atoms with Crippen molar-refractivity contribution in [1.82, 2.24) is 0 Å². The van der Waals surface area contributed by atoms with E-state index in [4.69, 9.17) is 4.74 Å². The van der Waals surface area contributed by atoms with Gasteiger partial charge in [0, 0.05) is 7.11 Å². The predicted molar refractivity (Wildman–Crippen MR) is 99.2 cm³/mol. The van der Waals surface area contributed by atoms with E-state index in [-0.39, 0.29) is 32.7 Å². The molecule has 0 spiro atoms. The SMILES string of the molecule is COC1CCC2C(CCC3CC(c4cc(C)[c-]c(C)c4)CCC32)C1.[Y+3]. The molecule has 1 aromatic rings. The van der Waals surface area contributed by atoms with Gasteiger partial charge in [-0.3, -0.25) is 0 Å². The van der Waals surface area contributed by atoms with Gasteiger partial charge in [0.15, 0.2) is 0 Å². The quantitative estimate of drug-likeness (QED) is 0.554. The van der Waals surface area contributed by atoms with E-state index in [9.17, 15) is 0 Å². The number of hydrogen-bond donors (Lipinski definition) is 0. The number of benzene rings is 1. The number of rotatable bonds is 2. The van der Waals surface area contributed by atoms with Crippen molar-refractivity contribution in [2.45, 2.75) is 77.2 Å². The van der Waals surface area contributed by atoms with Gasteiger partial charge in [0.05, 0.1) is 6.10 Å². The molecule has 3 fully saturated rings. The number of aryl methyl sites for hydroxylation is 2. The van der Waals surface area contributed by atoms with Crippen molar-refractivity contribution in [3.8, 4) is 0 Å². The predicted octanol–water partition coefficient (Wildman–Crippen LogP) is 5.83. The first-order valence-corrected chi connectivity index (χ1v) is 10.2. The third-order valence-electron chi connectivity index (χ3n) is 7.46. The van der Waals surface area contributed by atoms with E-state index in [1.165, 1.54) is 62.5 Å². The Bertz CT molecular complexity index is 563. The van der Waals surface area contributed by atoms with Crippen LogP contribution in [0.2, 0.25) is 0 Å². The molecule has 2 heteroatoms. The van der Waals surface area contributed by atoms with Crippen molar-refractivity contribution in [2.24, 2.45) is 23.7 Å². The fraction of sp³-hybridized carbons (Fsp3) is 0.739. The maximum atomic E-state index is 5.67. The fourth-order valence-corrected chi connectivity index (χ4v) is 6.43. The van der Waals surface area contributed by atoms with Crippen molar-refractivity contribution >= 4 is 0 Å². The molecule has 0 heterocycles. The van der Waals surface area contributed by atoms with Gasteiger partial charge < -0.3 is 4.74 Å². The van der Waals surface area contributed by atoms with E-state index < -0.39 is 0 Å². The van der Waals surface area contributed by atoms with E-state index in [0.717, 1.165) is 29.6 Å². The molecule has 0 radical (unpaired) electrons. The summed E-state index contributed by atoms with van der Waals surface area (Å²) in [5.41, 5.74) is 4.22. The summed E-state index contributed by atoms with van der Waals surface area (Å²) in [6, 6.07) is 8.23. The van der Waals surface area contributed by atoms with Crippen LogP contribution < -0.4 is 0 Å². The molecule has 0 N–H and O–H groups in total. The monoisotopic (exact) mass is 414 g/mol. The normalized spacial score (nSPS) is 37.6. The summed E-state index contributed by atoms with van der Waals surface area (Å²) in [6.07, 6.45) is 11.8. The molecule has 3 saturated carbocycles. The smallest absolute Gasteiger partial charge is 0.381 e. The Hall–Kier alpha value is 0.284. The average molecular weight is 414 g/mol. The van der Waals surface area contributed by atoms with Crippen LogP contribution in [0.1, 0.15) is 74.0 Å². The zero-order valence-electron chi connectivity index (χ0n) is 16.3. The zero-order valence-corrected chi connectivity index (χ0v) is 19.1. The molecule has 3 aliphatic carbocycles. The standard InChI is InChI=1S/C23H33O.Y/c1-15-10-16(2)12-20(11-15)17-6-8-22-18(13-17)4-5-19-14-21(24-3)7-9-23(19)22;/h11-12,17-19,21-23H,4-9,13-14H2,1-3H3;/q-1;+3. The molecule has 25 heavy (non-hydrogen) atoms. The third-order valence-corrected chi connectivity index (χ3v) is 7.46. The van der Waals surface area contributed by atoms with Gasteiger partial charge in [-0.1, -0.05) is 13.8 Å². The molecule has 6 atom stereocenters. The summed E-state index contributed by atoms with van der Waals surface area (Å²) >= 11 is 0. The first-order chi connectivity index (χ1) is 11.6. The Balaban J connectivity index is 0.00000182. The minimum Gasteiger partial charge on any atom is -0.381 e. The number of fused-ring (bicyclic) bond motifs is 3. The third kappa shape index (κ3) is 4.25. The van der Waals surface area contributed by atoms with Crippen LogP contribution in [-0.2, 0) is 37.4 Å². The van der Waals surface area contributed by atoms with E-state index in [1.807, 2.05) is 7.11 Å². The first kappa shape index (κ1) is 20.0. The summed E-state index contributed by atoms with van der Waals surface area (Å²) < 4.78 is 5.67. The van der Waals surface area contributed by atoms with Crippen LogP contribution in [0.3, 0.4) is 0 Å². The van der Waals surface area contributed by atoms with E-state index in [1.54, 1.807) is 5.56 Å². The molecule has 6 unspecified atom stereocenters. The van der Waals surface area contributed by atoms with Gasteiger partial charge in [-0.05, 0) is 81.0 Å². The molecular formula is C23H33OY+2. The van der Waals surface area contributed by atoms with Crippen molar-refractivity contribution in [2.75, 3.05) is 7.11 Å². The Morgan fingerprint density at radius 2 is 1.44 bits per heavy atom. The number of hydrogen-bond acceptors (Lipinski definition) is 1. The molecule has 3 aliphatic rings. The second-order valence-corrected chi connectivity index (χ2v) is 8.89. The van der Waals surface area contributed by atoms with Crippen molar-refractivity contribution < 1.29 is 37.4 Å². The van der Waals surface area contributed by atoms with Crippen LogP contribution in [0.5, 0.6) is 0 Å². The summed E-state index contributed by atoms with van der Waals surface area (Å²) in [7, 11) is 1.91. The number of ether oxygens (including phenoxy) is 1. The minimum atomic E-state index is 0.